The van der Waals surface area contributed by atoms with Gasteiger partial charge in [0.1, 0.15) is 5.69 Å². The molecule has 19 heavy (non-hydrogen) atoms. The molecule has 1 aromatic carbocycles. The molecule has 1 aromatic heterocycles. The number of carboxylic acid groups (broad SMARTS) is 1. The number of benzene rings is 1. The van der Waals surface area contributed by atoms with Gasteiger partial charge in [0.05, 0.1) is 0 Å². The molecule has 1 N–H and O–H groups in total. The molecule has 0 aliphatic heterocycles. The van der Waals surface area contributed by atoms with Gasteiger partial charge in [0.25, 0.3) is 0 Å². The maximum absolute atomic E-state index is 10.8. The molecule has 0 fully saturated rings. The van der Waals surface area contributed by atoms with Gasteiger partial charge in [-0.3, -0.25) is 0 Å². The summed E-state index contributed by atoms with van der Waals surface area (Å²) in [6, 6.07) is 9.21. The zero-order chi connectivity index (χ0) is 13.8. The van der Waals surface area contributed by atoms with Crippen LogP contribution in [0.5, 0.6) is 0 Å². The smallest absolute Gasteiger partial charge is 0.374 e. The number of aromatic carboxylic acids is 1. The molecule has 0 amide bonds. The van der Waals surface area contributed by atoms with Crippen LogP contribution in [-0.4, -0.2) is 29.3 Å². The monoisotopic (exact) mass is 260 g/mol. The lowest BCUT2D eigenvalue weighted by Crippen LogP contribution is -2.22. The highest BCUT2D eigenvalue weighted by atomic mass is 16.5. The third kappa shape index (κ3) is 2.59. The van der Waals surface area contributed by atoms with Crippen LogP contribution in [-0.2, 0) is 0 Å². The molecule has 0 bridgehead atoms. The number of aromatic nitrogens is 1. The number of carbonyl (C=O) groups is 1. The first-order chi connectivity index (χ1) is 9.17. The van der Waals surface area contributed by atoms with E-state index in [4.69, 9.17) is 9.63 Å². The van der Waals surface area contributed by atoms with Crippen molar-refractivity contribution in [1.82, 2.24) is 5.16 Å². The first-order valence-corrected chi connectivity index (χ1v) is 6.21. The SMILES string of the molecule is CCN(CC)c1ccccc1-c1cc(C(=O)O)on1. The van der Waals surface area contributed by atoms with E-state index in [0.29, 0.717) is 5.69 Å². The third-order valence-corrected chi connectivity index (χ3v) is 3.01. The summed E-state index contributed by atoms with van der Waals surface area (Å²) in [4.78, 5) is 13.0. The van der Waals surface area contributed by atoms with Gasteiger partial charge >= 0.3 is 5.97 Å². The van der Waals surface area contributed by atoms with Crippen molar-refractivity contribution in [2.75, 3.05) is 18.0 Å². The summed E-state index contributed by atoms with van der Waals surface area (Å²) in [5, 5.41) is 12.7. The number of hydrogen-bond donors (Lipinski definition) is 1. The van der Waals surface area contributed by atoms with E-state index in [-0.39, 0.29) is 5.76 Å². The highest BCUT2D eigenvalue weighted by Gasteiger charge is 2.16. The van der Waals surface area contributed by atoms with Gasteiger partial charge in [-0.1, -0.05) is 23.4 Å². The highest BCUT2D eigenvalue weighted by molar-refractivity contribution is 5.87. The summed E-state index contributed by atoms with van der Waals surface area (Å²) in [5.74, 6) is -1.26. The molecule has 0 saturated carbocycles. The van der Waals surface area contributed by atoms with Crippen molar-refractivity contribution < 1.29 is 14.4 Å². The van der Waals surface area contributed by atoms with Crippen molar-refractivity contribution >= 4 is 11.7 Å². The van der Waals surface area contributed by atoms with Gasteiger partial charge in [0.15, 0.2) is 0 Å². The molecule has 5 nitrogen and oxygen atoms in total. The Labute approximate surface area is 111 Å². The third-order valence-electron chi connectivity index (χ3n) is 3.01. The van der Waals surface area contributed by atoms with Gasteiger partial charge in [-0.25, -0.2) is 4.79 Å². The largest absolute Gasteiger partial charge is 0.475 e. The lowest BCUT2D eigenvalue weighted by atomic mass is 10.1. The van der Waals surface area contributed by atoms with Crippen molar-refractivity contribution in [3.8, 4) is 11.3 Å². The Hall–Kier alpha value is -2.30. The summed E-state index contributed by atoms with van der Waals surface area (Å²) < 4.78 is 4.81. The van der Waals surface area contributed by atoms with Gasteiger partial charge in [0, 0.05) is 30.4 Å². The number of para-hydroxylation sites is 1. The molecule has 2 aromatic rings. The van der Waals surface area contributed by atoms with Crippen LogP contribution in [0, 0.1) is 0 Å². The van der Waals surface area contributed by atoms with Crippen molar-refractivity contribution in [2.24, 2.45) is 0 Å². The van der Waals surface area contributed by atoms with Crippen LogP contribution in [0.2, 0.25) is 0 Å². The van der Waals surface area contributed by atoms with Gasteiger partial charge in [-0.05, 0) is 19.9 Å². The fourth-order valence-electron chi connectivity index (χ4n) is 2.03. The van der Waals surface area contributed by atoms with E-state index < -0.39 is 5.97 Å². The van der Waals surface area contributed by atoms with Crippen LogP contribution in [0.3, 0.4) is 0 Å². The summed E-state index contributed by atoms with van der Waals surface area (Å²) >= 11 is 0. The quantitative estimate of drug-likeness (QED) is 0.895. The molecule has 100 valence electrons. The maximum atomic E-state index is 10.8. The van der Waals surface area contributed by atoms with E-state index >= 15 is 0 Å². The predicted molar refractivity (Wildman–Crippen MR) is 72.5 cm³/mol. The first-order valence-electron chi connectivity index (χ1n) is 6.21. The van der Waals surface area contributed by atoms with Crippen LogP contribution < -0.4 is 4.90 Å². The van der Waals surface area contributed by atoms with Crippen LogP contribution in [0.4, 0.5) is 5.69 Å². The average Bonchev–Trinajstić information content (AvgIpc) is 2.90. The standard InChI is InChI=1S/C14H16N2O3/c1-3-16(4-2)12-8-6-5-7-10(12)11-9-13(14(17)18)19-15-11/h5-9H,3-4H2,1-2H3,(H,17,18). The van der Waals surface area contributed by atoms with Gasteiger partial charge in [0.2, 0.25) is 5.76 Å². The van der Waals surface area contributed by atoms with Crippen molar-refractivity contribution in [3.05, 3.63) is 36.1 Å². The summed E-state index contributed by atoms with van der Waals surface area (Å²) in [5.41, 5.74) is 2.44. The molecule has 0 aliphatic rings. The van der Waals surface area contributed by atoms with Crippen molar-refractivity contribution in [3.63, 3.8) is 0 Å². The molecule has 1 heterocycles. The first kappa shape index (κ1) is 13.1. The Morgan fingerprint density at radius 2 is 2.00 bits per heavy atom. The zero-order valence-corrected chi connectivity index (χ0v) is 11.0. The van der Waals surface area contributed by atoms with E-state index in [1.807, 2.05) is 24.3 Å². The van der Waals surface area contributed by atoms with Gasteiger partial charge in [-0.15, -0.1) is 0 Å². The van der Waals surface area contributed by atoms with Crippen molar-refractivity contribution in [1.29, 1.82) is 0 Å². The molecular weight excluding hydrogens is 244 g/mol. The predicted octanol–water partition coefficient (Wildman–Crippen LogP) is 2.89. The maximum Gasteiger partial charge on any atom is 0.374 e. The lowest BCUT2D eigenvalue weighted by Gasteiger charge is -2.23. The van der Waals surface area contributed by atoms with Crippen LogP contribution in [0.15, 0.2) is 34.9 Å². The van der Waals surface area contributed by atoms with E-state index in [9.17, 15) is 4.79 Å². The van der Waals surface area contributed by atoms with E-state index in [2.05, 4.69) is 23.9 Å². The number of anilines is 1. The Bertz CT molecular complexity index is 574. The second kappa shape index (κ2) is 5.56. The fourth-order valence-corrected chi connectivity index (χ4v) is 2.03. The highest BCUT2D eigenvalue weighted by Crippen LogP contribution is 2.30. The molecule has 0 unspecified atom stereocenters. The lowest BCUT2D eigenvalue weighted by molar-refractivity contribution is 0.0652. The number of nitrogens with zero attached hydrogens (tertiary/aromatic N) is 2. The zero-order valence-electron chi connectivity index (χ0n) is 11.0. The van der Waals surface area contributed by atoms with Crippen LogP contribution in [0.25, 0.3) is 11.3 Å². The number of hydrogen-bond acceptors (Lipinski definition) is 4. The topological polar surface area (TPSA) is 66.6 Å². The van der Waals surface area contributed by atoms with Gasteiger partial charge < -0.3 is 14.5 Å². The van der Waals surface area contributed by atoms with Crippen LogP contribution >= 0.6 is 0 Å². The second-order valence-electron chi connectivity index (χ2n) is 4.07. The number of carboxylic acids is 1. The van der Waals surface area contributed by atoms with Crippen LogP contribution in [0.1, 0.15) is 24.4 Å². The van der Waals surface area contributed by atoms with E-state index in [1.165, 1.54) is 6.07 Å². The Balaban J connectivity index is 2.46. The summed E-state index contributed by atoms with van der Waals surface area (Å²) in [7, 11) is 0. The molecule has 0 radical (unpaired) electrons. The molecule has 0 spiro atoms. The summed E-state index contributed by atoms with van der Waals surface area (Å²) in [6.07, 6.45) is 0. The van der Waals surface area contributed by atoms with E-state index in [0.717, 1.165) is 24.3 Å². The van der Waals surface area contributed by atoms with E-state index in [1.54, 1.807) is 0 Å². The minimum absolute atomic E-state index is 0.149. The minimum Gasteiger partial charge on any atom is -0.475 e. The molecule has 0 saturated heterocycles. The average molecular weight is 260 g/mol. The molecule has 5 heteroatoms. The number of rotatable bonds is 5. The Morgan fingerprint density at radius 3 is 2.58 bits per heavy atom. The second-order valence-corrected chi connectivity index (χ2v) is 4.07. The Kier molecular flexibility index (Phi) is 3.85. The summed E-state index contributed by atoms with van der Waals surface area (Å²) in [6.45, 7) is 5.89. The Morgan fingerprint density at radius 1 is 1.32 bits per heavy atom. The fraction of sp³-hybridized carbons (Fsp3) is 0.286. The van der Waals surface area contributed by atoms with Gasteiger partial charge in [-0.2, -0.15) is 0 Å². The molecule has 0 aliphatic carbocycles. The molecular formula is C14H16N2O3. The molecule has 2 rings (SSSR count). The van der Waals surface area contributed by atoms with Crippen molar-refractivity contribution in [2.45, 2.75) is 13.8 Å². The normalized spacial score (nSPS) is 10.4. The molecule has 0 atom stereocenters. The minimum atomic E-state index is -1.11.